The Balaban J connectivity index is 1.78. The number of rotatable bonds is 1. The third-order valence-electron chi connectivity index (χ3n) is 4.15. The lowest BCUT2D eigenvalue weighted by atomic mass is 9.84. The molecule has 4 rings (SSSR count). The van der Waals surface area contributed by atoms with Gasteiger partial charge in [-0.3, -0.25) is 4.40 Å². The standard InChI is InChI=1S/C16H16N2S/c1-11-10-19-16-17-14-8-7-13(9-15(14)18(11)16)12-5-3-2-4-6-12/h2-6,10,13H,7-9H2,1H3. The van der Waals surface area contributed by atoms with Gasteiger partial charge in [-0.15, -0.1) is 11.3 Å². The minimum absolute atomic E-state index is 0.646. The van der Waals surface area contributed by atoms with Crippen molar-refractivity contribution in [1.82, 2.24) is 9.38 Å². The Labute approximate surface area is 116 Å². The number of imidazole rings is 1. The summed E-state index contributed by atoms with van der Waals surface area (Å²) < 4.78 is 2.36. The molecule has 1 aromatic carbocycles. The predicted octanol–water partition coefficient (Wildman–Crippen LogP) is 3.98. The van der Waals surface area contributed by atoms with E-state index in [1.807, 2.05) is 0 Å². The summed E-state index contributed by atoms with van der Waals surface area (Å²) in [5, 5.41) is 2.20. The van der Waals surface area contributed by atoms with E-state index < -0.39 is 0 Å². The molecular weight excluding hydrogens is 252 g/mol. The minimum atomic E-state index is 0.646. The third kappa shape index (κ3) is 1.72. The highest BCUT2D eigenvalue weighted by Gasteiger charge is 2.25. The number of benzene rings is 1. The van der Waals surface area contributed by atoms with Gasteiger partial charge in [-0.25, -0.2) is 4.98 Å². The number of thiazole rings is 1. The summed E-state index contributed by atoms with van der Waals surface area (Å²) in [6.07, 6.45) is 3.46. The van der Waals surface area contributed by atoms with Crippen molar-refractivity contribution in [2.75, 3.05) is 0 Å². The van der Waals surface area contributed by atoms with E-state index in [1.54, 1.807) is 11.3 Å². The van der Waals surface area contributed by atoms with Crippen LogP contribution in [0.15, 0.2) is 35.7 Å². The summed E-state index contributed by atoms with van der Waals surface area (Å²) in [6, 6.07) is 10.9. The van der Waals surface area contributed by atoms with Crippen LogP contribution in [0.5, 0.6) is 0 Å². The second-order valence-electron chi connectivity index (χ2n) is 5.35. The summed E-state index contributed by atoms with van der Waals surface area (Å²) in [5.74, 6) is 0.646. The summed E-state index contributed by atoms with van der Waals surface area (Å²) in [6.45, 7) is 2.18. The Morgan fingerprint density at radius 2 is 2.11 bits per heavy atom. The van der Waals surface area contributed by atoms with Crippen LogP contribution >= 0.6 is 11.3 Å². The van der Waals surface area contributed by atoms with Crippen LogP contribution in [0.2, 0.25) is 0 Å². The van der Waals surface area contributed by atoms with Crippen LogP contribution in [0.3, 0.4) is 0 Å². The number of nitrogens with zero attached hydrogens (tertiary/aromatic N) is 2. The Kier molecular flexibility index (Phi) is 2.49. The van der Waals surface area contributed by atoms with Crippen molar-refractivity contribution < 1.29 is 0 Å². The second kappa shape index (κ2) is 4.20. The van der Waals surface area contributed by atoms with Crippen LogP contribution in [0.1, 0.15) is 35.0 Å². The van der Waals surface area contributed by atoms with Crippen molar-refractivity contribution in [1.29, 1.82) is 0 Å². The van der Waals surface area contributed by atoms with Gasteiger partial charge in [0.15, 0.2) is 4.96 Å². The van der Waals surface area contributed by atoms with Gasteiger partial charge in [0, 0.05) is 16.8 Å². The lowest BCUT2D eigenvalue weighted by Crippen LogP contribution is -2.14. The molecule has 0 saturated carbocycles. The fraction of sp³-hybridized carbons (Fsp3) is 0.312. The molecule has 1 aliphatic carbocycles. The lowest BCUT2D eigenvalue weighted by molar-refractivity contribution is 0.567. The SMILES string of the molecule is Cc1csc2nc3c(n12)CC(c1ccccc1)CC3. The molecule has 2 heterocycles. The number of hydrogen-bond donors (Lipinski definition) is 0. The minimum Gasteiger partial charge on any atom is -0.292 e. The Morgan fingerprint density at radius 1 is 1.26 bits per heavy atom. The highest BCUT2D eigenvalue weighted by atomic mass is 32.1. The Bertz CT molecular complexity index is 724. The van der Waals surface area contributed by atoms with E-state index >= 15 is 0 Å². The quantitative estimate of drug-likeness (QED) is 0.652. The molecule has 2 aromatic heterocycles. The van der Waals surface area contributed by atoms with Crippen molar-refractivity contribution in [2.24, 2.45) is 0 Å². The number of aromatic nitrogens is 2. The molecule has 0 spiro atoms. The van der Waals surface area contributed by atoms with Crippen LogP contribution in [0.25, 0.3) is 4.96 Å². The zero-order valence-corrected chi connectivity index (χ0v) is 11.8. The maximum absolute atomic E-state index is 4.78. The van der Waals surface area contributed by atoms with Crippen LogP contribution in [0.4, 0.5) is 0 Å². The van der Waals surface area contributed by atoms with E-state index in [1.165, 1.54) is 29.1 Å². The third-order valence-corrected chi connectivity index (χ3v) is 5.10. The number of aryl methyl sites for hydroxylation is 2. The maximum atomic E-state index is 4.78. The highest BCUT2D eigenvalue weighted by molar-refractivity contribution is 7.15. The van der Waals surface area contributed by atoms with Crippen LogP contribution < -0.4 is 0 Å². The molecule has 3 aromatic rings. The Hall–Kier alpha value is -1.61. The van der Waals surface area contributed by atoms with Gasteiger partial charge in [0.25, 0.3) is 0 Å². The molecule has 0 saturated heterocycles. The van der Waals surface area contributed by atoms with Gasteiger partial charge in [-0.1, -0.05) is 30.3 Å². The van der Waals surface area contributed by atoms with Crippen molar-refractivity contribution in [2.45, 2.75) is 32.1 Å². The molecule has 96 valence electrons. The van der Waals surface area contributed by atoms with Crippen molar-refractivity contribution in [3.8, 4) is 0 Å². The van der Waals surface area contributed by atoms with E-state index in [2.05, 4.69) is 47.0 Å². The van der Waals surface area contributed by atoms with Gasteiger partial charge in [0.05, 0.1) is 5.69 Å². The summed E-state index contributed by atoms with van der Waals surface area (Å²) in [5.41, 5.74) is 5.55. The van der Waals surface area contributed by atoms with Crippen molar-refractivity contribution in [3.05, 3.63) is 58.4 Å². The molecule has 1 aliphatic rings. The number of fused-ring (bicyclic) bond motifs is 3. The van der Waals surface area contributed by atoms with Gasteiger partial charge in [-0.05, 0) is 37.7 Å². The van der Waals surface area contributed by atoms with Crippen LogP contribution in [0, 0.1) is 6.92 Å². The fourth-order valence-corrected chi connectivity index (χ4v) is 4.08. The molecule has 0 bridgehead atoms. The molecule has 2 nitrogen and oxygen atoms in total. The summed E-state index contributed by atoms with van der Waals surface area (Å²) in [4.78, 5) is 5.95. The first kappa shape index (κ1) is 11.2. The first-order valence-electron chi connectivity index (χ1n) is 6.82. The topological polar surface area (TPSA) is 17.3 Å². The predicted molar refractivity (Wildman–Crippen MR) is 79.0 cm³/mol. The monoisotopic (exact) mass is 268 g/mol. The zero-order valence-electron chi connectivity index (χ0n) is 11.0. The van der Waals surface area contributed by atoms with E-state index in [0.29, 0.717) is 5.92 Å². The van der Waals surface area contributed by atoms with Gasteiger partial charge >= 0.3 is 0 Å². The lowest BCUT2D eigenvalue weighted by Gasteiger charge is -2.22. The van der Waals surface area contributed by atoms with E-state index in [4.69, 9.17) is 4.98 Å². The average molecular weight is 268 g/mol. The molecule has 0 amide bonds. The number of hydrogen-bond acceptors (Lipinski definition) is 2. The molecule has 1 unspecified atom stereocenters. The highest BCUT2D eigenvalue weighted by Crippen LogP contribution is 2.34. The van der Waals surface area contributed by atoms with Gasteiger partial charge in [-0.2, -0.15) is 0 Å². The second-order valence-corrected chi connectivity index (χ2v) is 6.19. The van der Waals surface area contributed by atoms with Crippen LogP contribution in [-0.4, -0.2) is 9.38 Å². The molecular formula is C16H16N2S. The van der Waals surface area contributed by atoms with E-state index in [0.717, 1.165) is 17.8 Å². The largest absolute Gasteiger partial charge is 0.292 e. The fourth-order valence-electron chi connectivity index (χ4n) is 3.17. The first-order chi connectivity index (χ1) is 9.33. The molecule has 1 atom stereocenters. The van der Waals surface area contributed by atoms with E-state index in [-0.39, 0.29) is 0 Å². The average Bonchev–Trinajstić information content (AvgIpc) is 2.99. The molecule has 0 aliphatic heterocycles. The van der Waals surface area contributed by atoms with Gasteiger partial charge in [0.1, 0.15) is 0 Å². The molecule has 0 radical (unpaired) electrons. The van der Waals surface area contributed by atoms with Crippen molar-refractivity contribution in [3.63, 3.8) is 0 Å². The maximum Gasteiger partial charge on any atom is 0.194 e. The molecule has 0 fully saturated rings. The summed E-state index contributed by atoms with van der Waals surface area (Å²) in [7, 11) is 0. The molecule has 19 heavy (non-hydrogen) atoms. The zero-order chi connectivity index (χ0) is 12.8. The Morgan fingerprint density at radius 3 is 2.95 bits per heavy atom. The first-order valence-corrected chi connectivity index (χ1v) is 7.70. The van der Waals surface area contributed by atoms with Gasteiger partial charge in [0.2, 0.25) is 0 Å². The molecule has 3 heteroatoms. The smallest absolute Gasteiger partial charge is 0.194 e. The molecule has 0 N–H and O–H groups in total. The van der Waals surface area contributed by atoms with Crippen LogP contribution in [-0.2, 0) is 12.8 Å². The van der Waals surface area contributed by atoms with E-state index in [9.17, 15) is 0 Å². The normalized spacial score (nSPS) is 18.7. The van der Waals surface area contributed by atoms with Gasteiger partial charge < -0.3 is 0 Å². The summed E-state index contributed by atoms with van der Waals surface area (Å²) >= 11 is 1.76. The van der Waals surface area contributed by atoms with Crippen molar-refractivity contribution >= 4 is 16.3 Å².